The summed E-state index contributed by atoms with van der Waals surface area (Å²) in [6, 6.07) is 7.38. The number of esters is 1. The number of amides is 1. The van der Waals surface area contributed by atoms with Gasteiger partial charge < -0.3 is 19.8 Å². The van der Waals surface area contributed by atoms with Crippen LogP contribution in [0, 0.1) is 5.41 Å². The van der Waals surface area contributed by atoms with Gasteiger partial charge in [-0.1, -0.05) is 12.1 Å². The molecule has 2 N–H and O–H groups in total. The second-order valence-electron chi connectivity index (χ2n) is 8.07. The third-order valence-corrected chi connectivity index (χ3v) is 5.68. The average molecular weight is 460 g/mol. The zero-order valence-electron chi connectivity index (χ0n) is 17.7. The van der Waals surface area contributed by atoms with Crippen LogP contribution in [0.3, 0.4) is 0 Å². The van der Waals surface area contributed by atoms with Crippen molar-refractivity contribution in [3.8, 4) is 5.75 Å². The number of carboxylic acids is 1. The van der Waals surface area contributed by atoms with Gasteiger partial charge in [0.2, 0.25) is 5.91 Å². The van der Waals surface area contributed by atoms with Gasteiger partial charge in [-0.25, -0.2) is 4.79 Å². The molecule has 1 aromatic carbocycles. The molecule has 32 heavy (non-hydrogen) atoms. The van der Waals surface area contributed by atoms with E-state index in [2.05, 4.69) is 9.64 Å². The van der Waals surface area contributed by atoms with Crippen LogP contribution >= 0.6 is 0 Å². The van der Waals surface area contributed by atoms with Crippen molar-refractivity contribution in [3.63, 3.8) is 0 Å². The molecule has 1 aromatic rings. The monoisotopic (exact) mass is 460 g/mol. The Bertz CT molecular complexity index is 797. The van der Waals surface area contributed by atoms with Gasteiger partial charge in [0, 0.05) is 31.5 Å². The Kier molecular flexibility index (Phi) is 8.48. The third kappa shape index (κ3) is 7.40. The molecule has 0 bridgehead atoms. The van der Waals surface area contributed by atoms with Crippen molar-refractivity contribution in [2.45, 2.75) is 38.4 Å². The summed E-state index contributed by atoms with van der Waals surface area (Å²) in [6.07, 6.45) is -2.47. The molecule has 2 saturated heterocycles. The quantitative estimate of drug-likeness (QED) is 0.650. The number of nitrogens with zero attached hydrogens (tertiary/aromatic N) is 2. The summed E-state index contributed by atoms with van der Waals surface area (Å²) >= 11 is 0. The lowest BCUT2D eigenvalue weighted by molar-refractivity contribution is -0.192. The van der Waals surface area contributed by atoms with Crippen LogP contribution in [0.2, 0.25) is 0 Å². The Morgan fingerprint density at radius 2 is 1.59 bits per heavy atom. The number of hydrogen-bond donors (Lipinski definition) is 2. The van der Waals surface area contributed by atoms with Crippen LogP contribution in [-0.2, 0) is 25.7 Å². The van der Waals surface area contributed by atoms with Gasteiger partial charge in [-0.15, -0.1) is 0 Å². The number of carbonyl (C=O) groups excluding carboxylic acids is 2. The number of piperidine rings is 1. The fourth-order valence-corrected chi connectivity index (χ4v) is 3.77. The fourth-order valence-electron chi connectivity index (χ4n) is 3.77. The van der Waals surface area contributed by atoms with Gasteiger partial charge in [0.15, 0.2) is 0 Å². The van der Waals surface area contributed by atoms with Gasteiger partial charge >= 0.3 is 18.1 Å². The predicted octanol–water partition coefficient (Wildman–Crippen LogP) is 2.40. The maximum absolute atomic E-state index is 12.1. The second-order valence-corrected chi connectivity index (χ2v) is 8.07. The molecular weight excluding hydrogens is 433 g/mol. The molecule has 0 unspecified atom stereocenters. The standard InChI is InChI=1S/C19H26N2O4.C2HF3O2/c1-25-18(24)7-6-17(23)21-13-19(14-21)8-10-20(11-9-19)12-15-2-4-16(22)5-3-15;3-2(4,5)1(6)7/h2-5,22H,6-14H2,1H3;(H,6,7). The summed E-state index contributed by atoms with van der Waals surface area (Å²) in [6.45, 7) is 4.61. The van der Waals surface area contributed by atoms with E-state index >= 15 is 0 Å². The third-order valence-electron chi connectivity index (χ3n) is 5.68. The first-order valence-corrected chi connectivity index (χ1v) is 10.1. The minimum Gasteiger partial charge on any atom is -0.508 e. The second kappa shape index (κ2) is 10.7. The Balaban J connectivity index is 0.000000451. The number of aromatic hydroxyl groups is 1. The number of hydrogen-bond acceptors (Lipinski definition) is 6. The summed E-state index contributed by atoms with van der Waals surface area (Å²) in [4.78, 5) is 36.4. The number of ether oxygens (including phenoxy) is 1. The summed E-state index contributed by atoms with van der Waals surface area (Å²) in [5.41, 5.74) is 1.48. The molecule has 8 nitrogen and oxygen atoms in total. The van der Waals surface area contributed by atoms with Crippen LogP contribution < -0.4 is 0 Å². The zero-order valence-corrected chi connectivity index (χ0v) is 17.7. The Labute approximate surface area is 183 Å². The fraction of sp³-hybridized carbons (Fsp3) is 0.571. The van der Waals surface area contributed by atoms with Crippen molar-refractivity contribution < 1.29 is 42.5 Å². The minimum atomic E-state index is -5.08. The number of rotatable bonds is 5. The molecule has 11 heteroatoms. The van der Waals surface area contributed by atoms with E-state index in [4.69, 9.17) is 9.90 Å². The van der Waals surface area contributed by atoms with Crippen molar-refractivity contribution in [2.24, 2.45) is 5.41 Å². The average Bonchev–Trinajstić information content (AvgIpc) is 2.72. The van der Waals surface area contributed by atoms with Crippen molar-refractivity contribution in [1.82, 2.24) is 9.80 Å². The molecule has 1 amide bonds. The first-order valence-electron chi connectivity index (χ1n) is 10.1. The van der Waals surface area contributed by atoms with Crippen LogP contribution in [-0.4, -0.2) is 77.3 Å². The lowest BCUT2D eigenvalue weighted by Crippen LogP contribution is -2.61. The normalized spacial score (nSPS) is 17.7. The number of phenols is 1. The van der Waals surface area contributed by atoms with Gasteiger partial charge in [-0.05, 0) is 43.6 Å². The smallest absolute Gasteiger partial charge is 0.490 e. The maximum atomic E-state index is 12.1. The Hall–Kier alpha value is -2.82. The molecule has 2 aliphatic heterocycles. The van der Waals surface area contributed by atoms with E-state index in [0.717, 1.165) is 45.6 Å². The summed E-state index contributed by atoms with van der Waals surface area (Å²) in [5.74, 6) is -2.73. The maximum Gasteiger partial charge on any atom is 0.490 e. The highest BCUT2D eigenvalue weighted by atomic mass is 19.4. The van der Waals surface area contributed by atoms with Crippen molar-refractivity contribution in [3.05, 3.63) is 29.8 Å². The number of halogens is 3. The van der Waals surface area contributed by atoms with Crippen LogP contribution in [0.4, 0.5) is 13.2 Å². The number of aliphatic carboxylic acids is 1. The number of benzene rings is 1. The minimum absolute atomic E-state index is 0.0579. The predicted molar refractivity (Wildman–Crippen MR) is 107 cm³/mol. The lowest BCUT2D eigenvalue weighted by atomic mass is 9.72. The van der Waals surface area contributed by atoms with Crippen molar-refractivity contribution in [1.29, 1.82) is 0 Å². The molecule has 0 aromatic heterocycles. The molecule has 0 radical (unpaired) electrons. The van der Waals surface area contributed by atoms with Crippen LogP contribution in [0.5, 0.6) is 5.75 Å². The molecule has 1 spiro atoms. The van der Waals surface area contributed by atoms with Gasteiger partial charge in [0.25, 0.3) is 0 Å². The van der Waals surface area contributed by atoms with E-state index in [-0.39, 0.29) is 30.1 Å². The number of alkyl halides is 3. The number of carbonyl (C=O) groups is 3. The summed E-state index contributed by atoms with van der Waals surface area (Å²) in [7, 11) is 1.34. The summed E-state index contributed by atoms with van der Waals surface area (Å²) < 4.78 is 36.3. The van der Waals surface area contributed by atoms with Gasteiger partial charge in [0.05, 0.1) is 13.5 Å². The van der Waals surface area contributed by atoms with Gasteiger partial charge in [-0.3, -0.25) is 14.5 Å². The molecule has 178 valence electrons. The molecule has 3 rings (SSSR count). The van der Waals surface area contributed by atoms with Crippen LogP contribution in [0.25, 0.3) is 0 Å². The number of methoxy groups -OCH3 is 1. The molecule has 2 aliphatic rings. The lowest BCUT2D eigenvalue weighted by Gasteiger charge is -2.54. The number of likely N-dealkylation sites (tertiary alicyclic amines) is 2. The van der Waals surface area contributed by atoms with E-state index in [9.17, 15) is 27.9 Å². The van der Waals surface area contributed by atoms with E-state index in [1.54, 1.807) is 12.1 Å². The van der Waals surface area contributed by atoms with E-state index in [1.807, 2.05) is 17.0 Å². The van der Waals surface area contributed by atoms with Crippen molar-refractivity contribution in [2.75, 3.05) is 33.3 Å². The molecule has 0 saturated carbocycles. The van der Waals surface area contributed by atoms with Gasteiger partial charge in [0.1, 0.15) is 5.75 Å². The van der Waals surface area contributed by atoms with E-state index in [0.29, 0.717) is 5.75 Å². The molecule has 0 aliphatic carbocycles. The van der Waals surface area contributed by atoms with Crippen LogP contribution in [0.15, 0.2) is 24.3 Å². The highest BCUT2D eigenvalue weighted by Crippen LogP contribution is 2.41. The Morgan fingerprint density at radius 1 is 1.06 bits per heavy atom. The van der Waals surface area contributed by atoms with E-state index in [1.165, 1.54) is 12.7 Å². The topological polar surface area (TPSA) is 107 Å². The molecule has 2 fully saturated rings. The molecule has 2 heterocycles. The first kappa shape index (κ1) is 25.4. The van der Waals surface area contributed by atoms with E-state index < -0.39 is 12.1 Å². The Morgan fingerprint density at radius 3 is 2.06 bits per heavy atom. The highest BCUT2D eigenvalue weighted by Gasteiger charge is 2.46. The van der Waals surface area contributed by atoms with Gasteiger partial charge in [-0.2, -0.15) is 13.2 Å². The number of carboxylic acid groups (broad SMARTS) is 1. The highest BCUT2D eigenvalue weighted by molar-refractivity contribution is 5.82. The SMILES string of the molecule is COC(=O)CCC(=O)N1CC2(CCN(Cc3ccc(O)cc3)CC2)C1.O=C(O)C(F)(F)F. The zero-order chi connectivity index (χ0) is 23.9. The molecule has 0 atom stereocenters. The largest absolute Gasteiger partial charge is 0.508 e. The summed E-state index contributed by atoms with van der Waals surface area (Å²) in [5, 5.41) is 16.5. The first-order chi connectivity index (χ1) is 14.9. The van der Waals surface area contributed by atoms with Crippen LogP contribution in [0.1, 0.15) is 31.2 Å². The molecular formula is C21H27F3N2O6. The number of phenolic OH excluding ortho intramolecular Hbond substituents is 1. The van der Waals surface area contributed by atoms with Crippen molar-refractivity contribution >= 4 is 17.8 Å².